The molecule has 0 aromatic heterocycles. The second-order valence-corrected chi connectivity index (χ2v) is 7.44. The molecule has 3 heterocycles. The van der Waals surface area contributed by atoms with Crippen LogP contribution in [0.2, 0.25) is 0 Å². The molecule has 7 atom stereocenters. The minimum atomic E-state index is -0.810. The fourth-order valence-corrected chi connectivity index (χ4v) is 4.04. The second-order valence-electron chi connectivity index (χ2n) is 7.44. The van der Waals surface area contributed by atoms with Crippen molar-refractivity contribution in [1.82, 2.24) is 0 Å². The van der Waals surface area contributed by atoms with E-state index in [9.17, 15) is 5.11 Å². The molecule has 1 N–H and O–H groups in total. The first-order chi connectivity index (χ1) is 13.8. The minimum absolute atomic E-state index is 0.337. The van der Waals surface area contributed by atoms with Gasteiger partial charge in [-0.25, -0.2) is 0 Å². The van der Waals surface area contributed by atoms with Gasteiger partial charge in [0.1, 0.15) is 24.4 Å². The van der Waals surface area contributed by atoms with Crippen LogP contribution in [0.1, 0.15) is 11.1 Å². The molecule has 0 aliphatic carbocycles. The summed E-state index contributed by atoms with van der Waals surface area (Å²) in [6, 6.07) is 20.0. The molecule has 148 valence electrons. The van der Waals surface area contributed by atoms with Crippen molar-refractivity contribution < 1.29 is 28.8 Å². The molecule has 5 rings (SSSR count). The zero-order valence-corrected chi connectivity index (χ0v) is 15.4. The van der Waals surface area contributed by atoms with Crippen LogP contribution < -0.4 is 0 Å². The lowest BCUT2D eigenvalue weighted by Gasteiger charge is -2.23. The van der Waals surface area contributed by atoms with E-state index < -0.39 is 30.9 Å². The summed E-state index contributed by atoms with van der Waals surface area (Å²) in [4.78, 5) is 0. The number of ether oxygens (including phenoxy) is 5. The highest BCUT2D eigenvalue weighted by molar-refractivity contribution is 5.16. The molecule has 7 unspecified atom stereocenters. The van der Waals surface area contributed by atoms with Gasteiger partial charge in [-0.3, -0.25) is 0 Å². The van der Waals surface area contributed by atoms with E-state index in [-0.39, 0.29) is 12.4 Å². The van der Waals surface area contributed by atoms with Crippen LogP contribution >= 0.6 is 0 Å². The number of fused-ring (bicyclic) bond motifs is 1. The van der Waals surface area contributed by atoms with Crippen molar-refractivity contribution in [3.8, 4) is 0 Å². The first kappa shape index (κ1) is 18.2. The van der Waals surface area contributed by atoms with Crippen molar-refractivity contribution in [3.63, 3.8) is 0 Å². The van der Waals surface area contributed by atoms with Gasteiger partial charge in [0, 0.05) is 12.8 Å². The van der Waals surface area contributed by atoms with Crippen molar-refractivity contribution in [2.75, 3.05) is 6.61 Å². The molecular weight excluding hydrogens is 360 g/mol. The largest absolute Gasteiger partial charge is 0.387 e. The van der Waals surface area contributed by atoms with Crippen LogP contribution in [0, 0.1) is 0 Å². The Morgan fingerprint density at radius 1 is 0.714 bits per heavy atom. The summed E-state index contributed by atoms with van der Waals surface area (Å²) in [5, 5.41) is 10.7. The van der Waals surface area contributed by atoms with Gasteiger partial charge in [-0.15, -0.1) is 0 Å². The maximum Gasteiger partial charge on any atom is 0.190 e. The van der Waals surface area contributed by atoms with Gasteiger partial charge in [-0.1, -0.05) is 60.7 Å². The monoisotopic (exact) mass is 384 g/mol. The Balaban J connectivity index is 1.15. The lowest BCUT2D eigenvalue weighted by Crippen LogP contribution is -2.41. The van der Waals surface area contributed by atoms with Gasteiger partial charge in [-0.05, 0) is 11.1 Å². The average Bonchev–Trinajstić information content (AvgIpc) is 3.40. The van der Waals surface area contributed by atoms with Crippen molar-refractivity contribution in [3.05, 3.63) is 71.8 Å². The highest BCUT2D eigenvalue weighted by Crippen LogP contribution is 2.36. The Morgan fingerprint density at radius 2 is 1.36 bits per heavy atom. The highest BCUT2D eigenvalue weighted by atomic mass is 16.8. The normalized spacial score (nSPS) is 37.2. The summed E-state index contributed by atoms with van der Waals surface area (Å²) in [7, 11) is 0. The molecule has 3 aliphatic heterocycles. The van der Waals surface area contributed by atoms with Gasteiger partial charge < -0.3 is 28.8 Å². The van der Waals surface area contributed by atoms with E-state index in [0.29, 0.717) is 19.4 Å². The van der Waals surface area contributed by atoms with Crippen molar-refractivity contribution in [1.29, 1.82) is 0 Å². The van der Waals surface area contributed by atoms with E-state index in [2.05, 4.69) is 0 Å². The number of aliphatic hydroxyl groups is 1. The van der Waals surface area contributed by atoms with Crippen molar-refractivity contribution >= 4 is 0 Å². The Kier molecular flexibility index (Phi) is 5.15. The number of hydrogen-bond donors (Lipinski definition) is 1. The molecule has 2 aromatic carbocycles. The van der Waals surface area contributed by atoms with Gasteiger partial charge in [0.15, 0.2) is 18.9 Å². The van der Waals surface area contributed by atoms with Gasteiger partial charge in [-0.2, -0.15) is 0 Å². The van der Waals surface area contributed by atoms with Crippen LogP contribution in [0.5, 0.6) is 0 Å². The molecular formula is C22H24O6. The smallest absolute Gasteiger partial charge is 0.190 e. The minimum Gasteiger partial charge on any atom is -0.387 e. The first-order valence-electron chi connectivity index (χ1n) is 9.75. The molecule has 0 radical (unpaired) electrons. The predicted molar refractivity (Wildman–Crippen MR) is 99.3 cm³/mol. The Hall–Kier alpha value is -1.80. The average molecular weight is 384 g/mol. The number of hydrogen-bond acceptors (Lipinski definition) is 6. The molecule has 6 nitrogen and oxygen atoms in total. The van der Waals surface area contributed by atoms with Crippen molar-refractivity contribution in [2.24, 2.45) is 0 Å². The molecule has 0 amide bonds. The quantitative estimate of drug-likeness (QED) is 0.851. The van der Waals surface area contributed by atoms with E-state index in [4.69, 9.17) is 23.7 Å². The standard InChI is InChI=1S/C22H24O6/c23-19-20(16-13-24-17(25-16)11-14-7-3-1-4-8-14)28-22-21(19)26-18(27-22)12-15-9-5-2-6-10-15/h1-10,16-23H,11-13H2. The zero-order chi connectivity index (χ0) is 18.9. The van der Waals surface area contributed by atoms with E-state index in [1.807, 2.05) is 60.7 Å². The van der Waals surface area contributed by atoms with E-state index in [0.717, 1.165) is 11.1 Å². The molecule has 3 fully saturated rings. The fraction of sp³-hybridized carbons (Fsp3) is 0.455. The molecule has 0 saturated carbocycles. The Labute approximate surface area is 163 Å². The van der Waals surface area contributed by atoms with Crippen LogP contribution in [-0.4, -0.2) is 55.0 Å². The molecule has 2 aromatic rings. The SMILES string of the molecule is OC1C(C2COC(Cc3ccccc3)O2)OC2OC(Cc3ccccc3)OC21. The highest BCUT2D eigenvalue weighted by Gasteiger charge is 2.55. The summed E-state index contributed by atoms with van der Waals surface area (Å²) >= 11 is 0. The summed E-state index contributed by atoms with van der Waals surface area (Å²) in [6.45, 7) is 0.381. The molecule has 3 saturated heterocycles. The van der Waals surface area contributed by atoms with Crippen LogP contribution in [0.3, 0.4) is 0 Å². The third kappa shape index (κ3) is 3.72. The van der Waals surface area contributed by atoms with Crippen LogP contribution in [0.15, 0.2) is 60.7 Å². The van der Waals surface area contributed by atoms with E-state index in [1.165, 1.54) is 0 Å². The zero-order valence-electron chi connectivity index (χ0n) is 15.4. The number of benzene rings is 2. The predicted octanol–water partition coefficient (Wildman–Crippen LogP) is 2.04. The third-order valence-electron chi connectivity index (χ3n) is 5.46. The first-order valence-corrected chi connectivity index (χ1v) is 9.75. The molecule has 3 aliphatic rings. The van der Waals surface area contributed by atoms with Crippen LogP contribution in [0.4, 0.5) is 0 Å². The van der Waals surface area contributed by atoms with Crippen molar-refractivity contribution in [2.45, 2.75) is 56.1 Å². The summed E-state index contributed by atoms with van der Waals surface area (Å²) in [6.07, 6.45) is -2.22. The Bertz CT molecular complexity index is 769. The lowest BCUT2D eigenvalue weighted by molar-refractivity contribution is -0.190. The van der Waals surface area contributed by atoms with Gasteiger partial charge in [0.2, 0.25) is 0 Å². The maximum atomic E-state index is 10.7. The summed E-state index contributed by atoms with van der Waals surface area (Å²) < 4.78 is 29.5. The molecule has 6 heteroatoms. The number of aliphatic hydroxyl groups excluding tert-OH is 1. The van der Waals surface area contributed by atoms with Gasteiger partial charge in [0.05, 0.1) is 6.61 Å². The summed E-state index contributed by atoms with van der Waals surface area (Å²) in [5.41, 5.74) is 2.27. The summed E-state index contributed by atoms with van der Waals surface area (Å²) in [5.74, 6) is 0. The second kappa shape index (κ2) is 7.91. The molecule has 28 heavy (non-hydrogen) atoms. The fourth-order valence-electron chi connectivity index (χ4n) is 4.04. The molecule has 0 spiro atoms. The topological polar surface area (TPSA) is 66.4 Å². The molecule has 0 bridgehead atoms. The lowest BCUT2D eigenvalue weighted by atomic mass is 10.1. The van der Waals surface area contributed by atoms with E-state index >= 15 is 0 Å². The maximum absolute atomic E-state index is 10.7. The number of rotatable bonds is 5. The van der Waals surface area contributed by atoms with Gasteiger partial charge in [0.25, 0.3) is 0 Å². The third-order valence-corrected chi connectivity index (χ3v) is 5.46. The van der Waals surface area contributed by atoms with E-state index in [1.54, 1.807) is 0 Å². The van der Waals surface area contributed by atoms with Crippen LogP contribution in [0.25, 0.3) is 0 Å². The van der Waals surface area contributed by atoms with Crippen LogP contribution in [-0.2, 0) is 36.5 Å². The van der Waals surface area contributed by atoms with Gasteiger partial charge >= 0.3 is 0 Å². The Morgan fingerprint density at radius 3 is 2.00 bits per heavy atom.